The van der Waals surface area contributed by atoms with Gasteiger partial charge in [0.15, 0.2) is 5.82 Å². The van der Waals surface area contributed by atoms with Gasteiger partial charge in [-0.2, -0.15) is 4.98 Å². The topological polar surface area (TPSA) is 75.3 Å². The molecule has 0 saturated carbocycles. The predicted octanol–water partition coefficient (Wildman–Crippen LogP) is 1.73. The van der Waals surface area contributed by atoms with Crippen molar-refractivity contribution >= 4 is 29.0 Å². The molecule has 6 heteroatoms. The molecule has 1 aliphatic heterocycles. The standard InChI is InChI=1S/C14H15N5O/c1-8-4-5-10-9(6-8)13(20)19(3)11-7-16-14(15)17-12(11)18(10)2/h4-7H,1-3H3,(H2,15,16,17). The first kappa shape index (κ1) is 12.4. The van der Waals surface area contributed by atoms with E-state index in [1.54, 1.807) is 18.1 Å². The molecule has 3 rings (SSSR count). The lowest BCUT2D eigenvalue weighted by Gasteiger charge is -2.20. The lowest BCUT2D eigenvalue weighted by atomic mass is 10.1. The summed E-state index contributed by atoms with van der Waals surface area (Å²) in [6.45, 7) is 1.96. The molecule has 0 fully saturated rings. The van der Waals surface area contributed by atoms with Gasteiger partial charge in [0.25, 0.3) is 5.91 Å². The Kier molecular flexibility index (Phi) is 2.60. The quantitative estimate of drug-likeness (QED) is 0.788. The van der Waals surface area contributed by atoms with Crippen molar-refractivity contribution in [2.24, 2.45) is 0 Å². The van der Waals surface area contributed by atoms with Crippen LogP contribution in [0.25, 0.3) is 0 Å². The Labute approximate surface area is 116 Å². The Morgan fingerprint density at radius 3 is 2.65 bits per heavy atom. The van der Waals surface area contributed by atoms with Gasteiger partial charge in [-0.3, -0.25) is 4.79 Å². The number of aryl methyl sites for hydroxylation is 1. The van der Waals surface area contributed by atoms with Gasteiger partial charge in [0, 0.05) is 14.1 Å². The number of benzene rings is 1. The number of fused-ring (bicyclic) bond motifs is 2. The SMILES string of the molecule is Cc1ccc2c(c1)C(=O)N(C)c1cnc(N)nc1N2C. The third-order valence-electron chi connectivity index (χ3n) is 3.50. The Hall–Kier alpha value is -2.63. The molecular formula is C14H15N5O. The number of anilines is 4. The van der Waals surface area contributed by atoms with Crippen LogP contribution in [0, 0.1) is 6.92 Å². The van der Waals surface area contributed by atoms with Crippen LogP contribution in [0.2, 0.25) is 0 Å². The molecule has 0 unspecified atom stereocenters. The van der Waals surface area contributed by atoms with E-state index in [1.165, 1.54) is 0 Å². The Morgan fingerprint density at radius 1 is 1.15 bits per heavy atom. The number of nitrogen functional groups attached to an aromatic ring is 1. The average Bonchev–Trinajstić information content (AvgIpc) is 2.50. The number of nitrogens with zero attached hydrogens (tertiary/aromatic N) is 4. The summed E-state index contributed by atoms with van der Waals surface area (Å²) in [5.74, 6) is 0.727. The first-order chi connectivity index (χ1) is 9.49. The first-order valence-electron chi connectivity index (χ1n) is 6.24. The third kappa shape index (κ3) is 1.69. The second-order valence-corrected chi connectivity index (χ2v) is 4.88. The molecule has 102 valence electrons. The molecule has 0 saturated heterocycles. The molecule has 2 aromatic rings. The van der Waals surface area contributed by atoms with E-state index in [0.29, 0.717) is 17.1 Å². The van der Waals surface area contributed by atoms with Gasteiger partial charge in [0.1, 0.15) is 5.69 Å². The Balaban J connectivity index is 2.31. The highest BCUT2D eigenvalue weighted by Gasteiger charge is 2.28. The fourth-order valence-corrected chi connectivity index (χ4v) is 2.38. The van der Waals surface area contributed by atoms with E-state index in [9.17, 15) is 4.79 Å². The molecule has 0 bridgehead atoms. The van der Waals surface area contributed by atoms with Gasteiger partial charge in [-0.15, -0.1) is 0 Å². The first-order valence-corrected chi connectivity index (χ1v) is 6.24. The number of hydrogen-bond donors (Lipinski definition) is 1. The summed E-state index contributed by atoms with van der Waals surface area (Å²) < 4.78 is 0. The number of rotatable bonds is 0. The van der Waals surface area contributed by atoms with E-state index in [1.807, 2.05) is 37.1 Å². The van der Waals surface area contributed by atoms with E-state index in [-0.39, 0.29) is 11.9 Å². The zero-order valence-electron chi connectivity index (χ0n) is 11.6. The van der Waals surface area contributed by atoms with Gasteiger partial charge >= 0.3 is 0 Å². The Morgan fingerprint density at radius 2 is 1.90 bits per heavy atom. The van der Waals surface area contributed by atoms with Gasteiger partial charge in [-0.05, 0) is 19.1 Å². The van der Waals surface area contributed by atoms with Crippen LogP contribution in [-0.4, -0.2) is 30.0 Å². The maximum atomic E-state index is 12.6. The van der Waals surface area contributed by atoms with Crippen molar-refractivity contribution in [2.75, 3.05) is 29.6 Å². The highest BCUT2D eigenvalue weighted by Crippen LogP contribution is 2.37. The van der Waals surface area contributed by atoms with Crippen LogP contribution in [0.5, 0.6) is 0 Å². The maximum absolute atomic E-state index is 12.6. The molecule has 0 aliphatic carbocycles. The predicted molar refractivity (Wildman–Crippen MR) is 78.4 cm³/mol. The van der Waals surface area contributed by atoms with Gasteiger partial charge < -0.3 is 15.5 Å². The number of carbonyl (C=O) groups excluding carboxylic acids is 1. The lowest BCUT2D eigenvalue weighted by molar-refractivity contribution is 0.0994. The van der Waals surface area contributed by atoms with E-state index in [4.69, 9.17) is 5.73 Å². The molecule has 1 aromatic heterocycles. The van der Waals surface area contributed by atoms with Crippen LogP contribution in [0.1, 0.15) is 15.9 Å². The smallest absolute Gasteiger partial charge is 0.260 e. The molecule has 1 aliphatic rings. The van der Waals surface area contributed by atoms with Crippen LogP contribution in [-0.2, 0) is 0 Å². The minimum absolute atomic E-state index is 0.0809. The third-order valence-corrected chi connectivity index (χ3v) is 3.50. The minimum Gasteiger partial charge on any atom is -0.368 e. The number of hydrogen-bond acceptors (Lipinski definition) is 5. The molecule has 2 N–H and O–H groups in total. The van der Waals surface area contributed by atoms with Gasteiger partial charge in [-0.25, -0.2) is 4.98 Å². The average molecular weight is 269 g/mol. The van der Waals surface area contributed by atoms with Crippen LogP contribution in [0.3, 0.4) is 0 Å². The largest absolute Gasteiger partial charge is 0.368 e. The number of amides is 1. The summed E-state index contributed by atoms with van der Waals surface area (Å²) in [6, 6.07) is 5.77. The van der Waals surface area contributed by atoms with Crippen LogP contribution < -0.4 is 15.5 Å². The maximum Gasteiger partial charge on any atom is 0.260 e. The molecule has 1 aromatic carbocycles. The van der Waals surface area contributed by atoms with E-state index >= 15 is 0 Å². The zero-order valence-corrected chi connectivity index (χ0v) is 11.6. The highest BCUT2D eigenvalue weighted by molar-refractivity contribution is 6.13. The van der Waals surface area contributed by atoms with Crippen molar-refractivity contribution in [3.63, 3.8) is 0 Å². The van der Waals surface area contributed by atoms with Crippen molar-refractivity contribution in [1.29, 1.82) is 0 Å². The van der Waals surface area contributed by atoms with Crippen molar-refractivity contribution in [3.8, 4) is 0 Å². The highest BCUT2D eigenvalue weighted by atomic mass is 16.2. The molecule has 0 spiro atoms. The fourth-order valence-electron chi connectivity index (χ4n) is 2.38. The summed E-state index contributed by atoms with van der Waals surface area (Å²) >= 11 is 0. The summed E-state index contributed by atoms with van der Waals surface area (Å²) in [6.07, 6.45) is 1.57. The summed E-state index contributed by atoms with van der Waals surface area (Å²) in [5, 5.41) is 0. The lowest BCUT2D eigenvalue weighted by Crippen LogP contribution is -2.25. The minimum atomic E-state index is -0.0809. The monoisotopic (exact) mass is 269 g/mol. The van der Waals surface area contributed by atoms with Crippen molar-refractivity contribution < 1.29 is 4.79 Å². The number of nitrogens with two attached hydrogens (primary N) is 1. The van der Waals surface area contributed by atoms with E-state index in [2.05, 4.69) is 9.97 Å². The number of carbonyl (C=O) groups is 1. The van der Waals surface area contributed by atoms with Gasteiger partial charge in [0.05, 0.1) is 17.4 Å². The normalized spacial score (nSPS) is 13.8. The van der Waals surface area contributed by atoms with Crippen molar-refractivity contribution in [2.45, 2.75) is 6.92 Å². The van der Waals surface area contributed by atoms with Crippen LogP contribution in [0.15, 0.2) is 24.4 Å². The Bertz CT molecular complexity index is 713. The van der Waals surface area contributed by atoms with Crippen molar-refractivity contribution in [3.05, 3.63) is 35.5 Å². The number of aromatic nitrogens is 2. The molecule has 2 heterocycles. The zero-order chi connectivity index (χ0) is 14.4. The fraction of sp³-hybridized carbons (Fsp3) is 0.214. The molecule has 6 nitrogen and oxygen atoms in total. The van der Waals surface area contributed by atoms with Gasteiger partial charge in [0.2, 0.25) is 5.95 Å². The summed E-state index contributed by atoms with van der Waals surface area (Å²) in [5.41, 5.74) is 8.80. The van der Waals surface area contributed by atoms with Gasteiger partial charge in [-0.1, -0.05) is 11.6 Å². The summed E-state index contributed by atoms with van der Waals surface area (Å²) in [7, 11) is 3.58. The van der Waals surface area contributed by atoms with E-state index < -0.39 is 0 Å². The molecule has 1 amide bonds. The molecule has 0 atom stereocenters. The second-order valence-electron chi connectivity index (χ2n) is 4.88. The van der Waals surface area contributed by atoms with E-state index in [0.717, 1.165) is 11.3 Å². The summed E-state index contributed by atoms with van der Waals surface area (Å²) in [4.78, 5) is 24.3. The molecule has 0 radical (unpaired) electrons. The van der Waals surface area contributed by atoms with Crippen LogP contribution in [0.4, 0.5) is 23.1 Å². The van der Waals surface area contributed by atoms with Crippen LogP contribution >= 0.6 is 0 Å². The second kappa shape index (κ2) is 4.19. The van der Waals surface area contributed by atoms with Crippen molar-refractivity contribution in [1.82, 2.24) is 9.97 Å². The molecular weight excluding hydrogens is 254 g/mol. The molecule has 20 heavy (non-hydrogen) atoms.